The number of aromatic nitrogens is 2. The van der Waals surface area contributed by atoms with Gasteiger partial charge in [0.1, 0.15) is 0 Å². The van der Waals surface area contributed by atoms with Crippen LogP contribution in [0.15, 0.2) is 33.6 Å². The molecule has 0 aliphatic heterocycles. The van der Waals surface area contributed by atoms with Crippen LogP contribution in [0.5, 0.6) is 0 Å². The second-order valence-electron chi connectivity index (χ2n) is 4.07. The Morgan fingerprint density at radius 2 is 2.17 bits per heavy atom. The lowest BCUT2D eigenvalue weighted by Crippen LogP contribution is -2.05. The minimum Gasteiger partial charge on any atom is -0.398 e. The van der Waals surface area contributed by atoms with E-state index >= 15 is 0 Å². The van der Waals surface area contributed by atoms with Gasteiger partial charge in [0.2, 0.25) is 0 Å². The van der Waals surface area contributed by atoms with E-state index in [2.05, 4.69) is 21.0 Å². The van der Waals surface area contributed by atoms with Gasteiger partial charge in [-0.25, -0.2) is 0 Å². The van der Waals surface area contributed by atoms with Crippen molar-refractivity contribution in [2.75, 3.05) is 5.73 Å². The minimum atomic E-state index is -1.16. The fourth-order valence-electron chi connectivity index (χ4n) is 1.74. The molecule has 18 heavy (non-hydrogen) atoms. The van der Waals surface area contributed by atoms with Gasteiger partial charge in [-0.05, 0) is 31.2 Å². The third-order valence-electron chi connectivity index (χ3n) is 2.59. The lowest BCUT2D eigenvalue weighted by Gasteiger charge is -2.06. The van der Waals surface area contributed by atoms with Crippen molar-refractivity contribution in [3.63, 3.8) is 0 Å². The number of anilines is 1. The molecule has 1 aromatic heterocycles. The van der Waals surface area contributed by atoms with Gasteiger partial charge in [0.05, 0.1) is 32.8 Å². The van der Waals surface area contributed by atoms with Crippen LogP contribution in [0.3, 0.4) is 0 Å². The second kappa shape index (κ2) is 5.24. The average molecular weight is 328 g/mol. The SMILES string of the molecule is Cc1cc(CS(=O)c2ccc(Br)cc2N)n(C)n1. The predicted molar refractivity (Wildman–Crippen MR) is 76.6 cm³/mol. The van der Waals surface area contributed by atoms with Crippen molar-refractivity contribution < 1.29 is 4.21 Å². The summed E-state index contributed by atoms with van der Waals surface area (Å²) >= 11 is 3.33. The van der Waals surface area contributed by atoms with Gasteiger partial charge < -0.3 is 5.73 Å². The van der Waals surface area contributed by atoms with Crippen LogP contribution in [0.2, 0.25) is 0 Å². The van der Waals surface area contributed by atoms with Crippen LogP contribution in [0.4, 0.5) is 5.69 Å². The van der Waals surface area contributed by atoms with Gasteiger partial charge in [0.15, 0.2) is 0 Å². The smallest absolute Gasteiger partial charge is 0.0703 e. The zero-order valence-electron chi connectivity index (χ0n) is 10.2. The fraction of sp³-hybridized carbons (Fsp3) is 0.250. The number of benzene rings is 1. The van der Waals surface area contributed by atoms with E-state index in [0.29, 0.717) is 16.3 Å². The highest BCUT2D eigenvalue weighted by molar-refractivity contribution is 9.10. The maximum Gasteiger partial charge on any atom is 0.0703 e. The molecule has 1 aromatic carbocycles. The van der Waals surface area contributed by atoms with E-state index in [9.17, 15) is 4.21 Å². The van der Waals surface area contributed by atoms with Crippen LogP contribution in [0, 0.1) is 6.92 Å². The number of nitrogens with two attached hydrogens (primary N) is 1. The molecule has 1 heterocycles. The molecule has 0 saturated carbocycles. The summed E-state index contributed by atoms with van der Waals surface area (Å²) in [7, 11) is 0.694. The third-order valence-corrected chi connectivity index (χ3v) is 4.51. The van der Waals surface area contributed by atoms with Crippen LogP contribution in [-0.2, 0) is 23.6 Å². The Morgan fingerprint density at radius 1 is 1.44 bits per heavy atom. The van der Waals surface area contributed by atoms with Crippen molar-refractivity contribution >= 4 is 32.4 Å². The van der Waals surface area contributed by atoms with E-state index in [-0.39, 0.29) is 0 Å². The van der Waals surface area contributed by atoms with E-state index in [4.69, 9.17) is 5.73 Å². The average Bonchev–Trinajstić information content (AvgIpc) is 2.57. The molecule has 0 aliphatic rings. The molecule has 0 fully saturated rings. The number of hydrogen-bond donors (Lipinski definition) is 1. The summed E-state index contributed by atoms with van der Waals surface area (Å²) in [5.41, 5.74) is 8.28. The monoisotopic (exact) mass is 327 g/mol. The topological polar surface area (TPSA) is 60.9 Å². The Bertz CT molecular complexity index is 609. The van der Waals surface area contributed by atoms with Crippen LogP contribution in [-0.4, -0.2) is 14.0 Å². The van der Waals surface area contributed by atoms with Gasteiger partial charge >= 0.3 is 0 Å². The summed E-state index contributed by atoms with van der Waals surface area (Å²) in [5, 5.41) is 4.24. The van der Waals surface area contributed by atoms with Gasteiger partial charge in [-0.3, -0.25) is 8.89 Å². The zero-order valence-corrected chi connectivity index (χ0v) is 12.6. The molecule has 0 saturated heterocycles. The maximum absolute atomic E-state index is 12.3. The highest BCUT2D eigenvalue weighted by Gasteiger charge is 2.12. The van der Waals surface area contributed by atoms with Crippen molar-refractivity contribution in [3.05, 3.63) is 40.1 Å². The molecular weight excluding hydrogens is 314 g/mol. The normalized spacial score (nSPS) is 12.6. The van der Waals surface area contributed by atoms with Gasteiger partial charge in [-0.1, -0.05) is 15.9 Å². The maximum atomic E-state index is 12.3. The minimum absolute atomic E-state index is 0.420. The molecular formula is C12H14BrN3OS. The molecule has 0 amide bonds. The van der Waals surface area contributed by atoms with Crippen LogP contribution in [0.1, 0.15) is 11.4 Å². The molecule has 1 unspecified atom stereocenters. The Kier molecular flexibility index (Phi) is 3.87. The Balaban J connectivity index is 2.24. The molecule has 0 bridgehead atoms. The summed E-state index contributed by atoms with van der Waals surface area (Å²) in [6, 6.07) is 7.34. The van der Waals surface area contributed by atoms with Crippen molar-refractivity contribution in [1.29, 1.82) is 0 Å². The van der Waals surface area contributed by atoms with Gasteiger partial charge in [0, 0.05) is 17.2 Å². The molecule has 0 aliphatic carbocycles. The number of hydrogen-bond acceptors (Lipinski definition) is 3. The molecule has 0 spiro atoms. The van der Waals surface area contributed by atoms with E-state index in [1.807, 2.05) is 26.1 Å². The van der Waals surface area contributed by atoms with Crippen molar-refractivity contribution in [2.45, 2.75) is 17.6 Å². The Morgan fingerprint density at radius 3 is 2.72 bits per heavy atom. The predicted octanol–water partition coefficient (Wildman–Crippen LogP) is 2.38. The van der Waals surface area contributed by atoms with E-state index < -0.39 is 10.8 Å². The molecule has 0 radical (unpaired) electrons. The molecule has 1 atom stereocenters. The van der Waals surface area contributed by atoms with Gasteiger partial charge in [-0.15, -0.1) is 0 Å². The van der Waals surface area contributed by atoms with Crippen LogP contribution < -0.4 is 5.73 Å². The molecule has 4 nitrogen and oxygen atoms in total. The lowest BCUT2D eigenvalue weighted by atomic mass is 10.3. The largest absolute Gasteiger partial charge is 0.398 e. The summed E-state index contributed by atoms with van der Waals surface area (Å²) in [5.74, 6) is 0.420. The third kappa shape index (κ3) is 2.81. The summed E-state index contributed by atoms with van der Waals surface area (Å²) in [6.07, 6.45) is 0. The summed E-state index contributed by atoms with van der Waals surface area (Å²) in [4.78, 5) is 0.664. The van der Waals surface area contributed by atoms with Crippen molar-refractivity contribution in [3.8, 4) is 0 Å². The first-order valence-corrected chi connectivity index (χ1v) is 7.51. The highest BCUT2D eigenvalue weighted by Crippen LogP contribution is 2.23. The first-order chi connectivity index (χ1) is 8.47. The van der Waals surface area contributed by atoms with Gasteiger partial charge in [-0.2, -0.15) is 5.10 Å². The lowest BCUT2D eigenvalue weighted by molar-refractivity contribution is 0.676. The van der Waals surface area contributed by atoms with Crippen LogP contribution >= 0.6 is 15.9 Å². The molecule has 2 aromatic rings. The van der Waals surface area contributed by atoms with Crippen LogP contribution in [0.25, 0.3) is 0 Å². The number of halogens is 1. The molecule has 96 valence electrons. The quantitative estimate of drug-likeness (QED) is 0.880. The first-order valence-electron chi connectivity index (χ1n) is 5.40. The summed E-state index contributed by atoms with van der Waals surface area (Å²) in [6.45, 7) is 1.92. The van der Waals surface area contributed by atoms with Crippen molar-refractivity contribution in [2.24, 2.45) is 7.05 Å². The number of nitrogens with zero attached hydrogens (tertiary/aromatic N) is 2. The number of nitrogen functional groups attached to an aromatic ring is 1. The fourth-order valence-corrected chi connectivity index (χ4v) is 3.35. The molecule has 2 N–H and O–H groups in total. The molecule has 6 heteroatoms. The Labute approximate surface area is 117 Å². The zero-order chi connectivity index (χ0) is 13.3. The van der Waals surface area contributed by atoms with E-state index in [1.54, 1.807) is 16.8 Å². The first kappa shape index (κ1) is 13.3. The number of aryl methyl sites for hydroxylation is 2. The second-order valence-corrected chi connectivity index (χ2v) is 6.41. The van der Waals surface area contributed by atoms with Gasteiger partial charge in [0.25, 0.3) is 0 Å². The Hall–Kier alpha value is -1.14. The molecule has 2 rings (SSSR count). The standard InChI is InChI=1S/C12H14BrN3OS/c1-8-5-10(16(2)15-8)7-18(17)12-4-3-9(13)6-11(12)14/h3-6H,7,14H2,1-2H3. The van der Waals surface area contributed by atoms with Crippen molar-refractivity contribution in [1.82, 2.24) is 9.78 Å². The summed E-state index contributed by atoms with van der Waals surface area (Å²) < 4.78 is 14.9. The van der Waals surface area contributed by atoms with E-state index in [0.717, 1.165) is 15.9 Å². The highest BCUT2D eigenvalue weighted by atomic mass is 79.9. The number of rotatable bonds is 3. The van der Waals surface area contributed by atoms with E-state index in [1.165, 1.54) is 0 Å².